The number of benzene rings is 2. The number of anilines is 1. The molecule has 30 heavy (non-hydrogen) atoms. The Hall–Kier alpha value is -2.92. The SMILES string of the molecule is COc1cccc(C2(C)NC(=O)N(NC(=S)Nc3ccc(SC(F)F)cc3)C2=O)c1. The van der Waals surface area contributed by atoms with Gasteiger partial charge in [-0.3, -0.25) is 10.2 Å². The predicted molar refractivity (Wildman–Crippen MR) is 113 cm³/mol. The van der Waals surface area contributed by atoms with Crippen molar-refractivity contribution in [3.63, 3.8) is 0 Å². The van der Waals surface area contributed by atoms with Crippen LogP contribution in [0.4, 0.5) is 19.3 Å². The minimum Gasteiger partial charge on any atom is -0.497 e. The van der Waals surface area contributed by atoms with E-state index in [1.165, 1.54) is 19.2 Å². The van der Waals surface area contributed by atoms with Crippen molar-refractivity contribution in [1.82, 2.24) is 15.8 Å². The molecule has 7 nitrogen and oxygen atoms in total. The quantitative estimate of drug-likeness (QED) is 0.350. The lowest BCUT2D eigenvalue weighted by molar-refractivity contribution is -0.132. The summed E-state index contributed by atoms with van der Waals surface area (Å²) in [6, 6.07) is 12.3. The van der Waals surface area contributed by atoms with Crippen molar-refractivity contribution in [2.75, 3.05) is 12.4 Å². The molecule has 3 N–H and O–H groups in total. The maximum absolute atomic E-state index is 13.0. The summed E-state index contributed by atoms with van der Waals surface area (Å²) in [7, 11) is 1.51. The van der Waals surface area contributed by atoms with Gasteiger partial charge in [-0.25, -0.2) is 4.79 Å². The molecule has 0 aromatic heterocycles. The fraction of sp³-hybridized carbons (Fsp3) is 0.211. The lowest BCUT2D eigenvalue weighted by atomic mass is 9.92. The number of amides is 3. The summed E-state index contributed by atoms with van der Waals surface area (Å²) in [5.74, 6) is -2.51. The van der Waals surface area contributed by atoms with Crippen LogP contribution in [0.3, 0.4) is 0 Å². The Morgan fingerprint density at radius 2 is 1.93 bits per heavy atom. The molecule has 0 saturated carbocycles. The Morgan fingerprint density at radius 1 is 1.23 bits per heavy atom. The molecule has 1 aliphatic heterocycles. The van der Waals surface area contributed by atoms with Gasteiger partial charge in [0.15, 0.2) is 5.11 Å². The Balaban J connectivity index is 1.68. The molecule has 11 heteroatoms. The molecule has 0 aliphatic carbocycles. The molecule has 1 atom stereocenters. The van der Waals surface area contributed by atoms with Crippen LogP contribution < -0.4 is 20.8 Å². The first-order valence-electron chi connectivity index (χ1n) is 8.66. The smallest absolute Gasteiger partial charge is 0.344 e. The number of nitrogens with zero attached hydrogens (tertiary/aromatic N) is 1. The zero-order chi connectivity index (χ0) is 21.9. The fourth-order valence-corrected chi connectivity index (χ4v) is 3.56. The maximum atomic E-state index is 13.0. The standard InChI is InChI=1S/C19H18F2N4O3S2/c1-19(11-4-3-5-13(10-11)28-2)15(26)25(18(27)23-19)24-17(29)22-12-6-8-14(9-7-12)30-16(20)21/h3-10,16H,1-2H3,(H,23,27)(H2,22,24,29). The van der Waals surface area contributed by atoms with E-state index in [1.807, 2.05) is 0 Å². The number of hydrogen-bond acceptors (Lipinski definition) is 5. The molecule has 0 spiro atoms. The van der Waals surface area contributed by atoms with E-state index in [4.69, 9.17) is 17.0 Å². The number of carbonyl (C=O) groups is 2. The lowest BCUT2D eigenvalue weighted by Gasteiger charge is -2.23. The highest BCUT2D eigenvalue weighted by atomic mass is 32.2. The van der Waals surface area contributed by atoms with Gasteiger partial charge in [-0.2, -0.15) is 13.8 Å². The monoisotopic (exact) mass is 452 g/mol. The van der Waals surface area contributed by atoms with Crippen molar-refractivity contribution in [2.45, 2.75) is 23.1 Å². The molecule has 3 rings (SSSR count). The number of ether oxygens (including phenoxy) is 1. The Morgan fingerprint density at radius 3 is 2.57 bits per heavy atom. The van der Waals surface area contributed by atoms with Gasteiger partial charge in [-0.1, -0.05) is 23.9 Å². The van der Waals surface area contributed by atoms with Crippen LogP contribution in [0.1, 0.15) is 12.5 Å². The summed E-state index contributed by atoms with van der Waals surface area (Å²) in [5.41, 5.74) is 2.32. The number of imide groups is 1. The first kappa shape index (κ1) is 21.8. The van der Waals surface area contributed by atoms with Crippen molar-refractivity contribution >= 4 is 46.7 Å². The van der Waals surface area contributed by atoms with E-state index < -0.39 is 23.2 Å². The largest absolute Gasteiger partial charge is 0.497 e. The highest BCUT2D eigenvalue weighted by Gasteiger charge is 2.50. The van der Waals surface area contributed by atoms with Crippen LogP contribution in [0.2, 0.25) is 0 Å². The molecular weight excluding hydrogens is 434 g/mol. The second-order valence-corrected chi connectivity index (χ2v) is 7.87. The summed E-state index contributed by atoms with van der Waals surface area (Å²) in [5, 5.41) is 6.23. The summed E-state index contributed by atoms with van der Waals surface area (Å²) in [6.45, 7) is 1.58. The van der Waals surface area contributed by atoms with Crippen LogP contribution in [0.15, 0.2) is 53.4 Å². The van der Waals surface area contributed by atoms with Gasteiger partial charge in [0.05, 0.1) is 7.11 Å². The normalized spacial score (nSPS) is 18.4. The molecule has 1 aliphatic rings. The van der Waals surface area contributed by atoms with Crippen molar-refractivity contribution in [1.29, 1.82) is 0 Å². The van der Waals surface area contributed by atoms with E-state index in [2.05, 4.69) is 16.1 Å². The van der Waals surface area contributed by atoms with Crippen molar-refractivity contribution in [3.05, 3.63) is 54.1 Å². The van der Waals surface area contributed by atoms with Gasteiger partial charge >= 0.3 is 6.03 Å². The van der Waals surface area contributed by atoms with Gasteiger partial charge in [-0.05, 0) is 61.1 Å². The van der Waals surface area contributed by atoms with Gasteiger partial charge in [0, 0.05) is 10.6 Å². The number of thioether (sulfide) groups is 1. The lowest BCUT2D eigenvalue weighted by Crippen LogP contribution is -2.49. The van der Waals surface area contributed by atoms with Crippen molar-refractivity contribution < 1.29 is 23.1 Å². The van der Waals surface area contributed by atoms with Gasteiger partial charge in [0.2, 0.25) is 0 Å². The number of nitrogens with one attached hydrogen (secondary N) is 3. The molecule has 1 unspecified atom stereocenters. The van der Waals surface area contributed by atoms with E-state index in [0.717, 1.165) is 5.01 Å². The van der Waals surface area contributed by atoms with Gasteiger partial charge in [0.25, 0.3) is 11.7 Å². The summed E-state index contributed by atoms with van der Waals surface area (Å²) >= 11 is 5.60. The van der Waals surface area contributed by atoms with Crippen LogP contribution in [0.5, 0.6) is 5.75 Å². The van der Waals surface area contributed by atoms with Crippen LogP contribution >= 0.6 is 24.0 Å². The number of methoxy groups -OCH3 is 1. The molecule has 0 bridgehead atoms. The molecular formula is C19H18F2N4O3S2. The average Bonchev–Trinajstić information content (AvgIpc) is 2.93. The highest BCUT2D eigenvalue weighted by molar-refractivity contribution is 7.99. The third kappa shape index (κ3) is 4.62. The first-order chi connectivity index (χ1) is 14.2. The number of thiocarbonyl (C=S) groups is 1. The van der Waals surface area contributed by atoms with Crippen LogP contribution in [-0.4, -0.2) is 34.9 Å². The molecule has 1 fully saturated rings. The van der Waals surface area contributed by atoms with Gasteiger partial charge in [-0.15, -0.1) is 0 Å². The summed E-state index contributed by atoms with van der Waals surface area (Å²) in [6.07, 6.45) is 0. The topological polar surface area (TPSA) is 82.7 Å². The molecule has 158 valence electrons. The Bertz CT molecular complexity index is 975. The fourth-order valence-electron chi connectivity index (χ4n) is 2.85. The maximum Gasteiger partial charge on any atom is 0.344 e. The number of carbonyl (C=O) groups excluding carboxylic acids is 2. The number of urea groups is 1. The first-order valence-corrected chi connectivity index (χ1v) is 9.95. The third-order valence-corrected chi connectivity index (χ3v) is 5.30. The molecule has 1 heterocycles. The van der Waals surface area contributed by atoms with Gasteiger partial charge < -0.3 is 15.4 Å². The number of halogens is 2. The van der Waals surface area contributed by atoms with Crippen LogP contribution in [0, 0.1) is 0 Å². The third-order valence-electron chi connectivity index (χ3n) is 4.39. The molecule has 1 saturated heterocycles. The average molecular weight is 453 g/mol. The van der Waals surface area contributed by atoms with Gasteiger partial charge in [0.1, 0.15) is 11.3 Å². The zero-order valence-electron chi connectivity index (χ0n) is 15.9. The number of hydrazine groups is 1. The Labute approximate surface area is 181 Å². The summed E-state index contributed by atoms with van der Waals surface area (Å²) < 4.78 is 30.0. The molecule has 3 amide bonds. The molecule has 0 radical (unpaired) electrons. The summed E-state index contributed by atoms with van der Waals surface area (Å²) in [4.78, 5) is 25.8. The number of rotatable bonds is 6. The molecule has 2 aromatic carbocycles. The minimum absolute atomic E-state index is 0.0114. The van der Waals surface area contributed by atoms with Crippen LogP contribution in [0.25, 0.3) is 0 Å². The van der Waals surface area contributed by atoms with E-state index in [0.29, 0.717) is 33.7 Å². The predicted octanol–water partition coefficient (Wildman–Crippen LogP) is 3.68. The van der Waals surface area contributed by atoms with E-state index in [1.54, 1.807) is 43.3 Å². The number of alkyl halides is 2. The van der Waals surface area contributed by atoms with E-state index in [9.17, 15) is 18.4 Å². The molecule has 2 aromatic rings. The second-order valence-electron chi connectivity index (χ2n) is 6.40. The number of hydrogen-bond donors (Lipinski definition) is 3. The van der Waals surface area contributed by atoms with Crippen molar-refractivity contribution in [3.8, 4) is 5.75 Å². The highest BCUT2D eigenvalue weighted by Crippen LogP contribution is 2.30. The van der Waals surface area contributed by atoms with Crippen LogP contribution in [-0.2, 0) is 10.3 Å². The van der Waals surface area contributed by atoms with E-state index >= 15 is 0 Å². The Kier molecular flexibility index (Phi) is 6.42. The second kappa shape index (κ2) is 8.84. The minimum atomic E-state index is -2.51. The zero-order valence-corrected chi connectivity index (χ0v) is 17.6. The van der Waals surface area contributed by atoms with E-state index in [-0.39, 0.29) is 5.11 Å². The van der Waals surface area contributed by atoms with Crippen molar-refractivity contribution in [2.24, 2.45) is 0 Å².